The van der Waals surface area contributed by atoms with Crippen LogP contribution in [0.15, 0.2) is 54.7 Å². The smallest absolute Gasteiger partial charge is 0.259 e. The van der Waals surface area contributed by atoms with Crippen molar-refractivity contribution in [2.45, 2.75) is 19.4 Å². The molecule has 0 aliphatic carbocycles. The predicted molar refractivity (Wildman–Crippen MR) is 137 cm³/mol. The van der Waals surface area contributed by atoms with Crippen molar-refractivity contribution in [3.05, 3.63) is 81.5 Å². The highest BCUT2D eigenvalue weighted by atomic mass is 35.5. The summed E-state index contributed by atoms with van der Waals surface area (Å²) in [5, 5.41) is 15.3. The number of carbonyl (C=O) groups excluding carboxylic acids is 1. The molecule has 0 spiro atoms. The number of amidine groups is 1. The van der Waals surface area contributed by atoms with Crippen LogP contribution in [0.1, 0.15) is 34.3 Å². The molecule has 176 valence electrons. The van der Waals surface area contributed by atoms with Gasteiger partial charge < -0.3 is 20.3 Å². The van der Waals surface area contributed by atoms with E-state index in [1.807, 2.05) is 24.3 Å². The molecule has 0 unspecified atom stereocenters. The van der Waals surface area contributed by atoms with Crippen molar-refractivity contribution in [2.75, 3.05) is 30.8 Å². The Morgan fingerprint density at radius 2 is 1.82 bits per heavy atom. The van der Waals surface area contributed by atoms with Crippen LogP contribution in [-0.4, -0.2) is 41.8 Å². The minimum atomic E-state index is -0.382. The fraction of sp³-hybridized carbons (Fsp3) is 0.240. The molecule has 0 atom stereocenters. The second-order valence-electron chi connectivity index (χ2n) is 7.94. The van der Waals surface area contributed by atoms with E-state index in [0.29, 0.717) is 45.2 Å². The number of carbonyl (C=O) groups is 1. The van der Waals surface area contributed by atoms with Gasteiger partial charge in [0.2, 0.25) is 0 Å². The number of pyridine rings is 1. The molecule has 0 radical (unpaired) electrons. The van der Waals surface area contributed by atoms with E-state index in [-0.39, 0.29) is 5.91 Å². The van der Waals surface area contributed by atoms with Gasteiger partial charge in [-0.2, -0.15) is 0 Å². The largest absolute Gasteiger partial charge is 0.495 e. The lowest BCUT2D eigenvalue weighted by Crippen LogP contribution is -2.27. The van der Waals surface area contributed by atoms with E-state index in [1.54, 1.807) is 24.3 Å². The highest BCUT2D eigenvalue weighted by molar-refractivity contribution is 6.31. The van der Waals surface area contributed by atoms with Crippen LogP contribution < -0.4 is 15.4 Å². The maximum Gasteiger partial charge on any atom is 0.259 e. The Kier molecular flexibility index (Phi) is 7.55. The molecule has 1 aliphatic rings. The zero-order valence-electron chi connectivity index (χ0n) is 18.7. The second-order valence-corrected chi connectivity index (χ2v) is 8.81. The Morgan fingerprint density at radius 1 is 1.09 bits per heavy atom. The molecule has 0 saturated carbocycles. The zero-order valence-corrected chi connectivity index (χ0v) is 20.2. The van der Waals surface area contributed by atoms with Gasteiger partial charge in [-0.15, -0.1) is 0 Å². The first-order valence-electron chi connectivity index (χ1n) is 10.9. The Bertz CT molecular complexity index is 1180. The van der Waals surface area contributed by atoms with Crippen LogP contribution in [0, 0.1) is 5.41 Å². The Morgan fingerprint density at radius 3 is 2.47 bits per heavy atom. The average molecular weight is 498 g/mol. The third kappa shape index (κ3) is 5.61. The lowest BCUT2D eigenvalue weighted by Gasteiger charge is -2.19. The third-order valence-corrected chi connectivity index (χ3v) is 6.06. The number of hydrogen-bond donors (Lipinski definition) is 3. The maximum absolute atomic E-state index is 13.0. The van der Waals surface area contributed by atoms with Crippen LogP contribution in [0.3, 0.4) is 0 Å². The van der Waals surface area contributed by atoms with Crippen LogP contribution in [0.2, 0.25) is 10.0 Å². The standard InChI is InChI=1S/C25H25Cl2N5O2/c1-34-21-13-19(27)12-20(25(33)31-22-9-8-18(26)15-29-22)23(21)30-14-16-4-6-17(7-5-16)24(28)32-10-2-3-11-32/h4-9,12-13,15,28,30H,2-3,10-11,14H2,1H3,(H,29,31,33). The first-order chi connectivity index (χ1) is 16.4. The molecule has 9 heteroatoms. The molecule has 3 aromatic rings. The van der Waals surface area contributed by atoms with Gasteiger partial charge in [-0.1, -0.05) is 47.5 Å². The first-order valence-corrected chi connectivity index (χ1v) is 11.7. The number of benzene rings is 2. The van der Waals surface area contributed by atoms with E-state index in [0.717, 1.165) is 37.1 Å². The lowest BCUT2D eigenvalue weighted by molar-refractivity contribution is 0.102. The summed E-state index contributed by atoms with van der Waals surface area (Å²) in [6.45, 7) is 2.33. The number of nitrogens with one attached hydrogen (secondary N) is 3. The lowest BCUT2D eigenvalue weighted by atomic mass is 10.1. The molecule has 2 aromatic carbocycles. The molecule has 4 rings (SSSR count). The number of nitrogens with zero attached hydrogens (tertiary/aromatic N) is 2. The first kappa shape index (κ1) is 23.9. The van der Waals surface area contributed by atoms with Crippen molar-refractivity contribution in [2.24, 2.45) is 0 Å². The summed E-state index contributed by atoms with van der Waals surface area (Å²) in [5.74, 6) is 1.00. The van der Waals surface area contributed by atoms with Crippen molar-refractivity contribution in [3.8, 4) is 5.75 Å². The van der Waals surface area contributed by atoms with Gasteiger partial charge in [0.05, 0.1) is 23.4 Å². The minimum absolute atomic E-state index is 0.327. The number of ether oxygens (including phenoxy) is 1. The Labute approximate surface area is 208 Å². The zero-order chi connectivity index (χ0) is 24.1. The summed E-state index contributed by atoms with van der Waals surface area (Å²) < 4.78 is 5.49. The number of rotatable bonds is 7. The minimum Gasteiger partial charge on any atom is -0.495 e. The molecule has 34 heavy (non-hydrogen) atoms. The van der Waals surface area contributed by atoms with Crippen molar-refractivity contribution in [3.63, 3.8) is 0 Å². The molecule has 1 saturated heterocycles. The van der Waals surface area contributed by atoms with Gasteiger partial charge in [0.15, 0.2) is 0 Å². The van der Waals surface area contributed by atoms with Gasteiger partial charge in [-0.3, -0.25) is 10.2 Å². The second kappa shape index (κ2) is 10.8. The number of anilines is 2. The fourth-order valence-electron chi connectivity index (χ4n) is 3.83. The maximum atomic E-state index is 13.0. The molecule has 7 nitrogen and oxygen atoms in total. The van der Waals surface area contributed by atoms with E-state index < -0.39 is 0 Å². The fourth-order valence-corrected chi connectivity index (χ4v) is 4.15. The van der Waals surface area contributed by atoms with E-state index >= 15 is 0 Å². The van der Waals surface area contributed by atoms with Gasteiger partial charge in [0, 0.05) is 42.5 Å². The van der Waals surface area contributed by atoms with E-state index in [1.165, 1.54) is 13.3 Å². The highest BCUT2D eigenvalue weighted by Gasteiger charge is 2.19. The molecule has 1 aliphatic heterocycles. The topological polar surface area (TPSA) is 90.3 Å². The summed E-state index contributed by atoms with van der Waals surface area (Å²) in [6, 6.07) is 14.4. The highest BCUT2D eigenvalue weighted by Crippen LogP contribution is 2.33. The predicted octanol–water partition coefficient (Wildman–Crippen LogP) is 5.68. The molecule has 1 aromatic heterocycles. The van der Waals surface area contributed by atoms with Crippen molar-refractivity contribution >= 4 is 46.4 Å². The summed E-state index contributed by atoms with van der Waals surface area (Å²) in [5.41, 5.74) is 2.74. The molecule has 1 amide bonds. The van der Waals surface area contributed by atoms with Gasteiger partial charge >= 0.3 is 0 Å². The van der Waals surface area contributed by atoms with E-state index in [9.17, 15) is 4.79 Å². The van der Waals surface area contributed by atoms with Crippen molar-refractivity contribution in [1.82, 2.24) is 9.88 Å². The van der Waals surface area contributed by atoms with Crippen molar-refractivity contribution in [1.29, 1.82) is 5.41 Å². The van der Waals surface area contributed by atoms with Gasteiger partial charge in [-0.05, 0) is 36.6 Å². The van der Waals surface area contributed by atoms with Crippen molar-refractivity contribution < 1.29 is 9.53 Å². The summed E-state index contributed by atoms with van der Waals surface area (Å²) in [4.78, 5) is 19.2. The Hall–Kier alpha value is -3.29. The normalized spacial score (nSPS) is 13.0. The number of hydrogen-bond acceptors (Lipinski definition) is 5. The van der Waals surface area contributed by atoms with Gasteiger partial charge in [0.1, 0.15) is 17.4 Å². The van der Waals surface area contributed by atoms with Crippen LogP contribution in [-0.2, 0) is 6.54 Å². The van der Waals surface area contributed by atoms with E-state index in [4.69, 9.17) is 33.3 Å². The molecular formula is C25H25Cl2N5O2. The summed E-state index contributed by atoms with van der Waals surface area (Å²) in [7, 11) is 1.53. The van der Waals surface area contributed by atoms with Crippen LogP contribution >= 0.6 is 23.2 Å². The van der Waals surface area contributed by atoms with Crippen LogP contribution in [0.4, 0.5) is 11.5 Å². The van der Waals surface area contributed by atoms with Crippen LogP contribution in [0.25, 0.3) is 0 Å². The Balaban J connectivity index is 1.51. The summed E-state index contributed by atoms with van der Waals surface area (Å²) >= 11 is 12.1. The number of likely N-dealkylation sites (tertiary alicyclic amines) is 1. The molecule has 1 fully saturated rings. The molecule has 0 bridgehead atoms. The molecular weight excluding hydrogens is 473 g/mol. The van der Waals surface area contributed by atoms with Crippen LogP contribution in [0.5, 0.6) is 5.75 Å². The van der Waals surface area contributed by atoms with E-state index in [2.05, 4.69) is 20.5 Å². The molecule has 3 N–H and O–H groups in total. The summed E-state index contributed by atoms with van der Waals surface area (Å²) in [6.07, 6.45) is 3.73. The van der Waals surface area contributed by atoms with Gasteiger partial charge in [0.25, 0.3) is 5.91 Å². The SMILES string of the molecule is COc1cc(Cl)cc(C(=O)Nc2ccc(Cl)cn2)c1NCc1ccc(C(=N)N2CCCC2)cc1. The number of amides is 1. The quantitative estimate of drug-likeness (QED) is 0.288. The number of methoxy groups -OCH3 is 1. The average Bonchev–Trinajstić information content (AvgIpc) is 3.39. The number of halogens is 2. The third-order valence-electron chi connectivity index (χ3n) is 5.62. The van der Waals surface area contributed by atoms with Gasteiger partial charge in [-0.25, -0.2) is 4.98 Å². The number of aromatic nitrogens is 1. The monoisotopic (exact) mass is 497 g/mol. The molecule has 2 heterocycles.